The summed E-state index contributed by atoms with van der Waals surface area (Å²) in [6, 6.07) is 13.2. The van der Waals surface area contributed by atoms with Crippen LogP contribution in [-0.2, 0) is 0 Å². The zero-order valence-corrected chi connectivity index (χ0v) is 12.6. The lowest BCUT2D eigenvalue weighted by molar-refractivity contribution is 0.258. The normalized spacial score (nSPS) is 9.81. The van der Waals surface area contributed by atoms with Gasteiger partial charge in [-0.2, -0.15) is 5.26 Å². The molecule has 6 heteroatoms. The van der Waals surface area contributed by atoms with Gasteiger partial charge in [0.15, 0.2) is 0 Å². The first-order valence-electron chi connectivity index (χ1n) is 6.00. The van der Waals surface area contributed by atoms with E-state index in [0.29, 0.717) is 27.0 Å². The second kappa shape index (κ2) is 6.49. The van der Waals surface area contributed by atoms with Crippen LogP contribution in [0.3, 0.4) is 0 Å². The number of nitrogens with one attached hydrogen (secondary N) is 1. The number of urea groups is 1. The minimum Gasteiger partial charge on any atom is -0.307 e. The second-order valence-corrected chi connectivity index (χ2v) is 5.18. The maximum absolute atomic E-state index is 12.2. The van der Waals surface area contributed by atoms with Gasteiger partial charge < -0.3 is 5.32 Å². The molecule has 106 valence electrons. The summed E-state index contributed by atoms with van der Waals surface area (Å²) in [6.45, 7) is 0. The number of benzene rings is 2. The maximum Gasteiger partial charge on any atom is 0.326 e. The number of nitrogens with zero attached hydrogens (tertiary/aromatic N) is 2. The Bertz CT molecular complexity index is 688. The van der Waals surface area contributed by atoms with Gasteiger partial charge in [0.25, 0.3) is 0 Å². The Labute approximate surface area is 132 Å². The second-order valence-electron chi connectivity index (χ2n) is 4.31. The minimum absolute atomic E-state index is 0.335. The number of hydrogen-bond acceptors (Lipinski definition) is 2. The quantitative estimate of drug-likeness (QED) is 0.883. The molecule has 0 saturated heterocycles. The summed E-state index contributed by atoms with van der Waals surface area (Å²) < 4.78 is 0. The van der Waals surface area contributed by atoms with Crippen molar-refractivity contribution in [1.29, 1.82) is 5.26 Å². The fourth-order valence-electron chi connectivity index (χ4n) is 1.71. The largest absolute Gasteiger partial charge is 0.326 e. The third kappa shape index (κ3) is 3.88. The van der Waals surface area contributed by atoms with E-state index in [0.717, 1.165) is 0 Å². The topological polar surface area (TPSA) is 56.1 Å². The van der Waals surface area contributed by atoms with Crippen LogP contribution in [0.1, 0.15) is 5.56 Å². The van der Waals surface area contributed by atoms with Crippen LogP contribution in [0.5, 0.6) is 0 Å². The van der Waals surface area contributed by atoms with Gasteiger partial charge in [-0.25, -0.2) is 4.79 Å². The molecule has 0 aromatic heterocycles. The highest BCUT2D eigenvalue weighted by atomic mass is 35.5. The Morgan fingerprint density at radius 1 is 1.14 bits per heavy atom. The molecule has 2 aromatic carbocycles. The van der Waals surface area contributed by atoms with Gasteiger partial charge in [-0.05, 0) is 42.5 Å². The number of carbonyl (C=O) groups excluding carboxylic acids is 1. The fraction of sp³-hybridized carbons (Fsp3) is 0.0667. The van der Waals surface area contributed by atoms with E-state index in [9.17, 15) is 4.79 Å². The molecule has 0 spiro atoms. The van der Waals surface area contributed by atoms with E-state index in [1.807, 2.05) is 6.07 Å². The van der Waals surface area contributed by atoms with E-state index in [-0.39, 0.29) is 6.03 Å². The van der Waals surface area contributed by atoms with Gasteiger partial charge in [0.05, 0.1) is 11.6 Å². The van der Waals surface area contributed by atoms with Gasteiger partial charge >= 0.3 is 6.03 Å². The van der Waals surface area contributed by atoms with Gasteiger partial charge in [-0.15, -0.1) is 0 Å². The van der Waals surface area contributed by atoms with Crippen LogP contribution in [-0.4, -0.2) is 13.1 Å². The summed E-state index contributed by atoms with van der Waals surface area (Å²) in [4.78, 5) is 13.6. The van der Waals surface area contributed by atoms with Crippen LogP contribution in [0.2, 0.25) is 10.0 Å². The first-order valence-corrected chi connectivity index (χ1v) is 6.76. The van der Waals surface area contributed by atoms with Crippen molar-refractivity contribution in [3.05, 3.63) is 58.1 Å². The summed E-state index contributed by atoms with van der Waals surface area (Å²) in [7, 11) is 1.63. The van der Waals surface area contributed by atoms with E-state index < -0.39 is 0 Å². The number of carbonyl (C=O) groups is 1. The molecule has 2 amide bonds. The van der Waals surface area contributed by atoms with E-state index >= 15 is 0 Å². The molecule has 1 N–H and O–H groups in total. The van der Waals surface area contributed by atoms with Gasteiger partial charge in [0.1, 0.15) is 0 Å². The smallest absolute Gasteiger partial charge is 0.307 e. The molecule has 0 aliphatic rings. The molecule has 2 aromatic rings. The van der Waals surface area contributed by atoms with E-state index in [2.05, 4.69) is 5.32 Å². The Morgan fingerprint density at radius 3 is 2.24 bits per heavy atom. The Balaban J connectivity index is 2.13. The maximum atomic E-state index is 12.2. The lowest BCUT2D eigenvalue weighted by Crippen LogP contribution is -2.31. The Morgan fingerprint density at radius 2 is 1.71 bits per heavy atom. The van der Waals surface area contributed by atoms with Crippen LogP contribution in [0, 0.1) is 11.3 Å². The molecule has 2 rings (SSSR count). The summed E-state index contributed by atoms with van der Waals surface area (Å²) in [5.74, 6) is 0. The minimum atomic E-state index is -0.335. The number of nitriles is 1. The van der Waals surface area contributed by atoms with Crippen LogP contribution in [0.15, 0.2) is 42.5 Å². The van der Waals surface area contributed by atoms with Crippen LogP contribution in [0.25, 0.3) is 0 Å². The molecule has 0 aliphatic carbocycles. The predicted molar refractivity (Wildman–Crippen MR) is 85.0 cm³/mol. The zero-order valence-electron chi connectivity index (χ0n) is 11.1. The average Bonchev–Trinajstić information content (AvgIpc) is 2.45. The van der Waals surface area contributed by atoms with Gasteiger partial charge in [-0.3, -0.25) is 4.90 Å². The Kier molecular flexibility index (Phi) is 4.69. The van der Waals surface area contributed by atoms with Crippen LogP contribution in [0.4, 0.5) is 16.2 Å². The number of rotatable bonds is 2. The molecule has 0 unspecified atom stereocenters. The molecule has 0 fully saturated rings. The first kappa shape index (κ1) is 15.2. The molecule has 0 atom stereocenters. The monoisotopic (exact) mass is 319 g/mol. The lowest BCUT2D eigenvalue weighted by atomic mass is 10.2. The third-order valence-electron chi connectivity index (χ3n) is 2.80. The highest BCUT2D eigenvalue weighted by Gasteiger charge is 2.11. The summed E-state index contributed by atoms with van der Waals surface area (Å²) in [6.07, 6.45) is 0. The molecule has 4 nitrogen and oxygen atoms in total. The van der Waals surface area contributed by atoms with Gasteiger partial charge in [0, 0.05) is 28.5 Å². The average molecular weight is 320 g/mol. The van der Waals surface area contributed by atoms with Gasteiger partial charge in [-0.1, -0.05) is 23.2 Å². The Hall–Kier alpha value is -2.22. The van der Waals surface area contributed by atoms with Crippen molar-refractivity contribution < 1.29 is 4.79 Å². The van der Waals surface area contributed by atoms with Crippen molar-refractivity contribution in [3.8, 4) is 6.07 Å². The summed E-state index contributed by atoms with van der Waals surface area (Å²) in [5, 5.41) is 12.3. The molecular formula is C15H11Cl2N3O. The van der Waals surface area contributed by atoms with E-state index in [1.165, 1.54) is 4.90 Å². The van der Waals surface area contributed by atoms with Crippen molar-refractivity contribution in [1.82, 2.24) is 0 Å². The SMILES string of the molecule is CN(C(=O)Nc1cc(Cl)cc(Cl)c1)c1ccc(C#N)cc1. The summed E-state index contributed by atoms with van der Waals surface area (Å²) in [5.41, 5.74) is 1.71. The number of halogens is 2. The van der Waals surface area contributed by atoms with Crippen molar-refractivity contribution in [2.75, 3.05) is 17.3 Å². The fourth-order valence-corrected chi connectivity index (χ4v) is 2.24. The molecule has 0 aliphatic heterocycles. The summed E-state index contributed by atoms with van der Waals surface area (Å²) >= 11 is 11.8. The highest BCUT2D eigenvalue weighted by Crippen LogP contribution is 2.23. The third-order valence-corrected chi connectivity index (χ3v) is 3.24. The number of hydrogen-bond donors (Lipinski definition) is 1. The van der Waals surface area contributed by atoms with E-state index in [4.69, 9.17) is 28.5 Å². The molecule has 0 saturated carbocycles. The number of amides is 2. The van der Waals surface area contributed by atoms with Crippen LogP contribution >= 0.6 is 23.2 Å². The zero-order chi connectivity index (χ0) is 15.4. The molecule has 0 heterocycles. The van der Waals surface area contributed by atoms with Gasteiger partial charge in [0.2, 0.25) is 0 Å². The molecule has 21 heavy (non-hydrogen) atoms. The van der Waals surface area contributed by atoms with Crippen molar-refractivity contribution >= 4 is 40.6 Å². The number of anilines is 2. The lowest BCUT2D eigenvalue weighted by Gasteiger charge is -2.18. The molecule has 0 radical (unpaired) electrons. The van der Waals surface area contributed by atoms with Crippen molar-refractivity contribution in [2.24, 2.45) is 0 Å². The van der Waals surface area contributed by atoms with Crippen LogP contribution < -0.4 is 10.2 Å². The van der Waals surface area contributed by atoms with Crippen molar-refractivity contribution in [2.45, 2.75) is 0 Å². The first-order chi connectivity index (χ1) is 9.99. The molecular weight excluding hydrogens is 309 g/mol. The molecule has 0 bridgehead atoms. The predicted octanol–water partition coefficient (Wildman–Crippen LogP) is 4.53. The highest BCUT2D eigenvalue weighted by molar-refractivity contribution is 6.35. The standard InChI is InChI=1S/C15H11Cl2N3O/c1-20(14-4-2-10(9-18)3-5-14)15(21)19-13-7-11(16)6-12(17)8-13/h2-8H,1H3,(H,19,21). The van der Waals surface area contributed by atoms with Crippen molar-refractivity contribution in [3.63, 3.8) is 0 Å². The van der Waals surface area contributed by atoms with E-state index in [1.54, 1.807) is 49.5 Å².